The van der Waals surface area contributed by atoms with Crippen LogP contribution in [0.2, 0.25) is 0 Å². The minimum Gasteiger partial charge on any atom is -0.345 e. The third-order valence-corrected chi connectivity index (χ3v) is 11.9. The Hall–Kier alpha value is -8.20. The molecule has 0 amide bonds. The Morgan fingerprint density at radius 2 is 0.500 bits per heavy atom. The molecule has 0 saturated carbocycles. The normalized spacial score (nSPS) is 10.7. The quantitative estimate of drug-likeness (QED) is 0.136. The van der Waals surface area contributed by atoms with E-state index in [9.17, 15) is 0 Å². The van der Waals surface area contributed by atoms with Gasteiger partial charge in [-0.05, 0) is 104 Å². The molecule has 0 saturated heterocycles. The fourth-order valence-corrected chi connectivity index (χ4v) is 8.17. The predicted molar refractivity (Wildman–Crippen MR) is 275 cm³/mol. The summed E-state index contributed by atoms with van der Waals surface area (Å²) in [6.07, 6.45) is 0. The van der Waals surface area contributed by atoms with Crippen molar-refractivity contribution in [3.63, 3.8) is 0 Å². The van der Waals surface area contributed by atoms with E-state index in [-0.39, 0.29) is 0 Å². The van der Waals surface area contributed by atoms with E-state index in [0.717, 1.165) is 5.69 Å². The van der Waals surface area contributed by atoms with Gasteiger partial charge < -0.3 is 9.80 Å². The third-order valence-electron chi connectivity index (χ3n) is 11.9. The van der Waals surface area contributed by atoms with Crippen LogP contribution in [0.25, 0.3) is 66.8 Å². The molecule has 0 unspecified atom stereocenters. The highest BCUT2D eigenvalue weighted by Crippen LogP contribution is 2.36. The van der Waals surface area contributed by atoms with E-state index in [1.54, 1.807) is 0 Å². The van der Waals surface area contributed by atoms with Crippen LogP contribution in [-0.2, 0) is 0 Å². The molecule has 0 aliphatic heterocycles. The summed E-state index contributed by atoms with van der Waals surface area (Å²) >= 11 is 0. The van der Waals surface area contributed by atoms with Gasteiger partial charge >= 0.3 is 0 Å². The number of hydrogen-bond donors (Lipinski definition) is 0. The van der Waals surface area contributed by atoms with E-state index in [0.29, 0.717) is 0 Å². The number of para-hydroxylation sites is 1. The van der Waals surface area contributed by atoms with Crippen molar-refractivity contribution in [1.82, 2.24) is 0 Å². The van der Waals surface area contributed by atoms with Gasteiger partial charge in [-0.2, -0.15) is 0 Å². The topological polar surface area (TPSA) is 6.48 Å². The smallest absolute Gasteiger partial charge is 0.0487 e. The number of rotatable bonds is 10. The first-order valence-corrected chi connectivity index (χ1v) is 21.9. The van der Waals surface area contributed by atoms with Crippen LogP contribution in [0.3, 0.4) is 0 Å². The van der Waals surface area contributed by atoms with E-state index in [1.807, 2.05) is 6.07 Å². The largest absolute Gasteiger partial charge is 0.345 e. The van der Waals surface area contributed by atoms with Gasteiger partial charge in [0.05, 0.1) is 0 Å². The summed E-state index contributed by atoms with van der Waals surface area (Å²) in [7, 11) is 4.25. The van der Waals surface area contributed by atoms with Gasteiger partial charge in [0, 0.05) is 42.4 Å². The average Bonchev–Trinajstić information content (AvgIpc) is 3.40. The maximum Gasteiger partial charge on any atom is 0.0487 e. The molecule has 10 rings (SSSR count). The van der Waals surface area contributed by atoms with Gasteiger partial charge in [0.2, 0.25) is 0 Å². The van der Waals surface area contributed by atoms with Crippen LogP contribution in [-0.4, -0.2) is 14.1 Å². The van der Waals surface area contributed by atoms with Crippen molar-refractivity contribution in [1.29, 1.82) is 0 Å². The molecule has 0 fully saturated rings. The summed E-state index contributed by atoms with van der Waals surface area (Å²) in [4.78, 5) is 4.49. The van der Waals surface area contributed by atoms with Crippen molar-refractivity contribution in [2.24, 2.45) is 0 Å². The minimum absolute atomic E-state index is 1.16. The van der Waals surface area contributed by atoms with Crippen molar-refractivity contribution in [2.45, 2.75) is 0 Å². The molecule has 2 heteroatoms. The van der Waals surface area contributed by atoms with Crippen molar-refractivity contribution in [2.75, 3.05) is 23.9 Å². The molecule has 0 aliphatic carbocycles. The standard InChI is InChI=1S/2C31H25N/c1-32(31-15-9-8-14-30(31)28-12-6-3-7-13-28)29-22-20-27(21-23-29)26-18-16-25(17-19-26)24-10-4-2-5-11-24;1-32(31-14-8-13-29(23-31)25-11-6-3-7-12-25)30-21-19-28(20-22-30)27-17-15-26(16-18-27)24-9-4-2-5-10-24/h2*2-23H,1H3. The zero-order chi connectivity index (χ0) is 43.5. The molecule has 0 aliphatic rings. The Morgan fingerprint density at radius 1 is 0.203 bits per heavy atom. The summed E-state index contributed by atoms with van der Waals surface area (Å²) in [6.45, 7) is 0. The maximum absolute atomic E-state index is 2.25. The Morgan fingerprint density at radius 3 is 0.922 bits per heavy atom. The second-order valence-corrected chi connectivity index (χ2v) is 15.9. The van der Waals surface area contributed by atoms with E-state index in [2.05, 4.69) is 285 Å². The van der Waals surface area contributed by atoms with E-state index in [1.165, 1.54) is 83.8 Å². The Bertz CT molecular complexity index is 3000. The summed E-state index contributed by atoms with van der Waals surface area (Å²) in [5, 5.41) is 0. The highest BCUT2D eigenvalue weighted by molar-refractivity contribution is 5.83. The minimum atomic E-state index is 1.16. The molecule has 10 aromatic carbocycles. The first-order chi connectivity index (χ1) is 31.6. The first kappa shape index (κ1) is 41.2. The Balaban J connectivity index is 0.000000162. The van der Waals surface area contributed by atoms with E-state index < -0.39 is 0 Å². The highest BCUT2D eigenvalue weighted by atomic mass is 15.1. The molecule has 0 N–H and O–H groups in total. The molecule has 308 valence electrons. The highest BCUT2D eigenvalue weighted by Gasteiger charge is 2.12. The number of anilines is 4. The van der Waals surface area contributed by atoms with Crippen LogP contribution in [0.1, 0.15) is 0 Å². The van der Waals surface area contributed by atoms with Gasteiger partial charge in [0.25, 0.3) is 0 Å². The van der Waals surface area contributed by atoms with E-state index in [4.69, 9.17) is 0 Å². The number of hydrogen-bond acceptors (Lipinski definition) is 2. The van der Waals surface area contributed by atoms with Crippen molar-refractivity contribution in [3.8, 4) is 66.8 Å². The summed E-state index contributed by atoms with van der Waals surface area (Å²) in [5.74, 6) is 0. The van der Waals surface area contributed by atoms with Crippen LogP contribution < -0.4 is 9.80 Å². The molecule has 10 aromatic rings. The molecule has 0 radical (unpaired) electrons. The predicted octanol–water partition coefficient (Wildman–Crippen LogP) is 16.9. The first-order valence-electron chi connectivity index (χ1n) is 21.9. The van der Waals surface area contributed by atoms with Gasteiger partial charge in [-0.1, -0.05) is 224 Å². The van der Waals surface area contributed by atoms with Gasteiger partial charge in [0.1, 0.15) is 0 Å². The number of benzene rings is 10. The molecular weight excluding hydrogens is 773 g/mol. The summed E-state index contributed by atoms with van der Waals surface area (Å²) in [6, 6.07) is 94.5. The Kier molecular flexibility index (Phi) is 12.7. The summed E-state index contributed by atoms with van der Waals surface area (Å²) in [5.41, 5.74) is 19.5. The summed E-state index contributed by atoms with van der Waals surface area (Å²) < 4.78 is 0. The SMILES string of the molecule is CN(c1ccc(-c2ccc(-c3ccccc3)cc2)cc1)c1cccc(-c2ccccc2)c1.CN(c1ccc(-c2ccc(-c3ccccc3)cc2)cc1)c1ccccc1-c1ccccc1. The van der Waals surface area contributed by atoms with Gasteiger partial charge in [0.15, 0.2) is 0 Å². The van der Waals surface area contributed by atoms with Crippen LogP contribution >= 0.6 is 0 Å². The lowest BCUT2D eigenvalue weighted by Crippen LogP contribution is -2.10. The molecule has 0 atom stereocenters. The molecule has 64 heavy (non-hydrogen) atoms. The van der Waals surface area contributed by atoms with Gasteiger partial charge in [-0.15, -0.1) is 0 Å². The molecule has 0 aromatic heterocycles. The second-order valence-electron chi connectivity index (χ2n) is 15.9. The van der Waals surface area contributed by atoms with Crippen LogP contribution in [0, 0.1) is 0 Å². The lowest BCUT2D eigenvalue weighted by Gasteiger charge is -2.23. The number of nitrogens with zero attached hydrogens (tertiary/aromatic N) is 2. The zero-order valence-corrected chi connectivity index (χ0v) is 36.3. The Labute approximate surface area is 378 Å². The zero-order valence-electron chi connectivity index (χ0n) is 36.3. The van der Waals surface area contributed by atoms with Gasteiger partial charge in [-0.3, -0.25) is 0 Å². The van der Waals surface area contributed by atoms with Crippen molar-refractivity contribution >= 4 is 22.7 Å². The van der Waals surface area contributed by atoms with Crippen LogP contribution in [0.15, 0.2) is 267 Å². The fourth-order valence-electron chi connectivity index (χ4n) is 8.17. The van der Waals surface area contributed by atoms with Crippen molar-refractivity contribution < 1.29 is 0 Å². The van der Waals surface area contributed by atoms with E-state index >= 15 is 0 Å². The molecule has 0 bridgehead atoms. The fraction of sp³-hybridized carbons (Fsp3) is 0.0323. The average molecular weight is 823 g/mol. The van der Waals surface area contributed by atoms with Gasteiger partial charge in [-0.25, -0.2) is 0 Å². The molecule has 2 nitrogen and oxygen atoms in total. The maximum atomic E-state index is 2.25. The second kappa shape index (κ2) is 19.7. The lowest BCUT2D eigenvalue weighted by atomic mass is 10.00. The molecule has 0 heterocycles. The lowest BCUT2D eigenvalue weighted by molar-refractivity contribution is 1.21. The van der Waals surface area contributed by atoms with Crippen molar-refractivity contribution in [3.05, 3.63) is 267 Å². The van der Waals surface area contributed by atoms with Crippen LogP contribution in [0.5, 0.6) is 0 Å². The monoisotopic (exact) mass is 822 g/mol. The molecule has 0 spiro atoms. The van der Waals surface area contributed by atoms with Crippen LogP contribution in [0.4, 0.5) is 22.7 Å². The third kappa shape index (κ3) is 9.63. The molecular formula is C62H50N2.